The number of hydrogen-bond donors (Lipinski definition) is 1. The van der Waals surface area contributed by atoms with Gasteiger partial charge in [-0.05, 0) is 68.3 Å². The normalized spacial score (nSPS) is 15.8. The van der Waals surface area contributed by atoms with Gasteiger partial charge < -0.3 is 24.4 Å². The van der Waals surface area contributed by atoms with E-state index in [0.717, 1.165) is 20.8 Å². The van der Waals surface area contributed by atoms with Gasteiger partial charge in [0.1, 0.15) is 35.8 Å². The topological polar surface area (TPSA) is 97.4 Å². The first-order valence-corrected chi connectivity index (χ1v) is 14.3. The summed E-state index contributed by atoms with van der Waals surface area (Å²) in [5.74, 6) is 0.355. The highest BCUT2D eigenvalue weighted by Crippen LogP contribution is 2.36. The van der Waals surface area contributed by atoms with Gasteiger partial charge in [0, 0.05) is 17.1 Å². The van der Waals surface area contributed by atoms with Crippen LogP contribution in [0, 0.1) is 0 Å². The molecule has 0 spiro atoms. The SMILES string of the molecule is CC[C@@H](C(=O)N[C@H]1COc2ccccc2N(Cc2c(OC)ccc3cc(Br)ccc23)C1=O)N(C)C(=O)OC(C)(C)C. The second-order valence-electron chi connectivity index (χ2n) is 10.9. The van der Waals surface area contributed by atoms with Crippen molar-refractivity contribution < 1.29 is 28.6 Å². The average Bonchev–Trinajstić information content (AvgIpc) is 3.04. The molecule has 10 heteroatoms. The Morgan fingerprint density at radius 2 is 1.90 bits per heavy atom. The van der Waals surface area contributed by atoms with Crippen LogP contribution >= 0.6 is 15.9 Å². The maximum Gasteiger partial charge on any atom is 0.410 e. The van der Waals surface area contributed by atoms with Crippen molar-refractivity contribution in [2.75, 3.05) is 25.7 Å². The van der Waals surface area contributed by atoms with Crippen LogP contribution in [0.25, 0.3) is 10.8 Å². The number of nitrogens with zero attached hydrogens (tertiary/aromatic N) is 2. The van der Waals surface area contributed by atoms with Crippen LogP contribution in [0.2, 0.25) is 0 Å². The van der Waals surface area contributed by atoms with Gasteiger partial charge >= 0.3 is 6.09 Å². The molecule has 3 aromatic carbocycles. The molecule has 1 N–H and O–H groups in total. The van der Waals surface area contributed by atoms with Gasteiger partial charge in [-0.25, -0.2) is 4.79 Å². The van der Waals surface area contributed by atoms with Gasteiger partial charge in [0.15, 0.2) is 0 Å². The molecule has 1 aliphatic rings. The number of anilines is 1. The Balaban J connectivity index is 1.66. The number of ether oxygens (including phenoxy) is 3. The summed E-state index contributed by atoms with van der Waals surface area (Å²) in [5, 5.41) is 4.77. The molecule has 218 valence electrons. The van der Waals surface area contributed by atoms with Crippen LogP contribution in [-0.2, 0) is 20.9 Å². The van der Waals surface area contributed by atoms with E-state index in [1.165, 1.54) is 11.9 Å². The summed E-state index contributed by atoms with van der Waals surface area (Å²) < 4.78 is 18.1. The lowest BCUT2D eigenvalue weighted by atomic mass is 10.0. The number of benzene rings is 3. The van der Waals surface area contributed by atoms with E-state index in [9.17, 15) is 14.4 Å². The van der Waals surface area contributed by atoms with Gasteiger partial charge in [-0.2, -0.15) is 0 Å². The van der Waals surface area contributed by atoms with E-state index in [4.69, 9.17) is 14.2 Å². The predicted molar refractivity (Wildman–Crippen MR) is 161 cm³/mol. The van der Waals surface area contributed by atoms with Crippen molar-refractivity contribution in [3.63, 3.8) is 0 Å². The highest BCUT2D eigenvalue weighted by Gasteiger charge is 2.36. The van der Waals surface area contributed by atoms with Gasteiger partial charge in [-0.1, -0.05) is 47.1 Å². The van der Waals surface area contributed by atoms with E-state index in [1.807, 2.05) is 48.5 Å². The molecule has 0 radical (unpaired) electrons. The molecular weight excluding hydrogens is 590 g/mol. The summed E-state index contributed by atoms with van der Waals surface area (Å²) in [4.78, 5) is 43.1. The van der Waals surface area contributed by atoms with Gasteiger partial charge in [0.25, 0.3) is 5.91 Å². The summed E-state index contributed by atoms with van der Waals surface area (Å²) in [6, 6.07) is 15.2. The molecule has 0 aromatic heterocycles. The van der Waals surface area contributed by atoms with Gasteiger partial charge in [-0.15, -0.1) is 0 Å². The van der Waals surface area contributed by atoms with Crippen LogP contribution in [0.1, 0.15) is 39.7 Å². The molecule has 0 fully saturated rings. The van der Waals surface area contributed by atoms with Crippen molar-refractivity contribution in [3.05, 3.63) is 64.6 Å². The number of hydrogen-bond acceptors (Lipinski definition) is 6. The molecule has 0 unspecified atom stereocenters. The molecule has 1 aliphatic heterocycles. The van der Waals surface area contributed by atoms with Gasteiger partial charge in [-0.3, -0.25) is 14.5 Å². The van der Waals surface area contributed by atoms with Gasteiger partial charge in [0.2, 0.25) is 5.91 Å². The number of likely N-dealkylation sites (N-methyl/N-ethyl adjacent to an activating group) is 1. The summed E-state index contributed by atoms with van der Waals surface area (Å²) in [5.41, 5.74) is 0.697. The van der Waals surface area contributed by atoms with E-state index >= 15 is 0 Å². The quantitative estimate of drug-likeness (QED) is 0.363. The molecule has 0 bridgehead atoms. The Morgan fingerprint density at radius 1 is 1.17 bits per heavy atom. The molecule has 3 aromatic rings. The smallest absolute Gasteiger partial charge is 0.410 e. The van der Waals surface area contributed by atoms with Crippen LogP contribution < -0.4 is 19.7 Å². The molecule has 0 aliphatic carbocycles. The third kappa shape index (κ3) is 6.75. The molecule has 41 heavy (non-hydrogen) atoms. The van der Waals surface area contributed by atoms with Crippen molar-refractivity contribution in [1.29, 1.82) is 0 Å². The Labute approximate surface area is 248 Å². The number of rotatable bonds is 7. The molecule has 1 heterocycles. The summed E-state index contributed by atoms with van der Waals surface area (Å²) in [6.07, 6.45) is -0.289. The second-order valence-corrected chi connectivity index (χ2v) is 11.8. The van der Waals surface area contributed by atoms with E-state index in [2.05, 4.69) is 21.2 Å². The highest BCUT2D eigenvalue weighted by molar-refractivity contribution is 9.10. The predicted octanol–water partition coefficient (Wildman–Crippen LogP) is 5.67. The fourth-order valence-corrected chi connectivity index (χ4v) is 5.22. The number of para-hydroxylation sites is 2. The van der Waals surface area contributed by atoms with Crippen LogP contribution in [0.3, 0.4) is 0 Å². The number of amides is 3. The minimum absolute atomic E-state index is 0.0652. The van der Waals surface area contributed by atoms with E-state index in [0.29, 0.717) is 23.6 Å². The number of halogens is 1. The summed E-state index contributed by atoms with van der Waals surface area (Å²) in [7, 11) is 3.11. The third-order valence-corrected chi connectivity index (χ3v) is 7.36. The number of nitrogens with one attached hydrogen (secondary N) is 1. The molecule has 0 saturated carbocycles. The number of fused-ring (bicyclic) bond motifs is 2. The third-order valence-electron chi connectivity index (χ3n) is 6.87. The first-order valence-electron chi connectivity index (χ1n) is 13.5. The average molecular weight is 627 g/mol. The van der Waals surface area contributed by atoms with Crippen molar-refractivity contribution >= 4 is 50.3 Å². The zero-order valence-electron chi connectivity index (χ0n) is 24.2. The molecule has 0 saturated heterocycles. The minimum Gasteiger partial charge on any atom is -0.496 e. The first-order chi connectivity index (χ1) is 19.4. The molecular formula is C31H36BrN3O6. The van der Waals surface area contributed by atoms with Crippen molar-refractivity contribution in [3.8, 4) is 11.5 Å². The van der Waals surface area contributed by atoms with Gasteiger partial charge in [0.05, 0.1) is 19.3 Å². The summed E-state index contributed by atoms with van der Waals surface area (Å²) >= 11 is 3.53. The summed E-state index contributed by atoms with van der Waals surface area (Å²) in [6.45, 7) is 7.20. The van der Waals surface area contributed by atoms with Crippen molar-refractivity contribution in [1.82, 2.24) is 10.2 Å². The maximum absolute atomic E-state index is 14.1. The number of carbonyl (C=O) groups is 3. The lowest BCUT2D eigenvalue weighted by Crippen LogP contribution is -2.56. The van der Waals surface area contributed by atoms with E-state index in [-0.39, 0.29) is 19.1 Å². The zero-order chi connectivity index (χ0) is 29.9. The van der Waals surface area contributed by atoms with Crippen LogP contribution in [0.4, 0.5) is 10.5 Å². The highest BCUT2D eigenvalue weighted by atomic mass is 79.9. The second kappa shape index (κ2) is 12.4. The number of carbonyl (C=O) groups excluding carboxylic acids is 3. The van der Waals surface area contributed by atoms with E-state index in [1.54, 1.807) is 45.8 Å². The fraction of sp³-hybridized carbons (Fsp3) is 0.387. The van der Waals surface area contributed by atoms with Crippen molar-refractivity contribution in [2.24, 2.45) is 0 Å². The standard InChI is InChI=1S/C31H36BrN3O6/c1-7-24(34(5)30(38)41-31(2,3)4)28(36)33-23-18-40-27-11-9-8-10-25(27)35(29(23)37)17-22-21-14-13-20(32)16-19(21)12-15-26(22)39-6/h8-16,23-24H,7,17-18H2,1-6H3,(H,33,36)/t23-,24-/m0/s1. The Kier molecular flexibility index (Phi) is 9.11. The lowest BCUT2D eigenvalue weighted by molar-refractivity contribution is -0.131. The minimum atomic E-state index is -0.994. The van der Waals surface area contributed by atoms with E-state index < -0.39 is 29.7 Å². The maximum atomic E-state index is 14.1. The molecule has 4 rings (SSSR count). The Bertz CT molecular complexity index is 1450. The van der Waals surface area contributed by atoms with Crippen LogP contribution in [-0.4, -0.2) is 61.3 Å². The monoisotopic (exact) mass is 625 g/mol. The Morgan fingerprint density at radius 3 is 2.59 bits per heavy atom. The van der Waals surface area contributed by atoms with Crippen LogP contribution in [0.5, 0.6) is 11.5 Å². The number of methoxy groups -OCH3 is 1. The zero-order valence-corrected chi connectivity index (χ0v) is 25.8. The van der Waals surface area contributed by atoms with Crippen molar-refractivity contribution in [2.45, 2.75) is 58.3 Å². The molecule has 9 nitrogen and oxygen atoms in total. The Hall–Kier alpha value is -3.79. The fourth-order valence-electron chi connectivity index (χ4n) is 4.84. The lowest BCUT2D eigenvalue weighted by Gasteiger charge is -2.31. The largest absolute Gasteiger partial charge is 0.496 e. The first kappa shape index (κ1) is 30.2. The van der Waals surface area contributed by atoms with Crippen LogP contribution in [0.15, 0.2) is 59.1 Å². The molecule has 3 amide bonds. The molecule has 2 atom stereocenters.